The summed E-state index contributed by atoms with van der Waals surface area (Å²) in [7, 11) is -2.24. The number of rotatable bonds is 6. The minimum Gasteiger partial charge on any atom is -0.351 e. The van der Waals surface area contributed by atoms with Gasteiger partial charge in [0.1, 0.15) is 11.6 Å². The van der Waals surface area contributed by atoms with E-state index >= 15 is 0 Å². The number of imidazole rings is 1. The average Bonchev–Trinajstić information content (AvgIpc) is 3.07. The highest BCUT2D eigenvalue weighted by atomic mass is 35.5. The van der Waals surface area contributed by atoms with Gasteiger partial charge >= 0.3 is 0 Å². The fraction of sp³-hybridized carbons (Fsp3) is 0.318. The zero-order valence-corrected chi connectivity index (χ0v) is 19.9. The number of amides is 1. The number of halogens is 2. The van der Waals surface area contributed by atoms with Crippen LogP contribution in [-0.4, -0.2) is 52.8 Å². The number of nitrogens with zero attached hydrogens (tertiary/aromatic N) is 4. The SMILES string of the molecule is Cc1ccc(C(=O)NCC2(c3ncccc3F)CN(S(=O)(=O)c3cnc(C)n3C)C2)c(Cl)c1. The highest BCUT2D eigenvalue weighted by Gasteiger charge is 2.52. The van der Waals surface area contributed by atoms with E-state index in [-0.39, 0.29) is 35.9 Å². The lowest BCUT2D eigenvalue weighted by Gasteiger charge is -2.48. The molecule has 0 unspecified atom stereocenters. The van der Waals surface area contributed by atoms with Gasteiger partial charge in [0.15, 0.2) is 5.03 Å². The van der Waals surface area contributed by atoms with Crippen molar-refractivity contribution in [3.8, 4) is 0 Å². The molecule has 1 fully saturated rings. The molecule has 1 saturated heterocycles. The zero-order chi connectivity index (χ0) is 24.0. The number of hydrogen-bond acceptors (Lipinski definition) is 5. The summed E-state index contributed by atoms with van der Waals surface area (Å²) in [4.78, 5) is 21.0. The third-order valence-corrected chi connectivity index (χ3v) is 8.12. The lowest BCUT2D eigenvalue weighted by molar-refractivity contribution is 0.0894. The predicted octanol–water partition coefficient (Wildman–Crippen LogP) is 2.60. The summed E-state index contributed by atoms with van der Waals surface area (Å²) in [5.41, 5.74) is 0.272. The smallest absolute Gasteiger partial charge is 0.260 e. The van der Waals surface area contributed by atoms with Gasteiger partial charge in [0, 0.05) is 32.9 Å². The maximum atomic E-state index is 14.7. The lowest BCUT2D eigenvalue weighted by atomic mass is 9.77. The molecule has 11 heteroatoms. The van der Waals surface area contributed by atoms with Crippen LogP contribution in [-0.2, 0) is 22.5 Å². The first-order valence-electron chi connectivity index (χ1n) is 10.2. The van der Waals surface area contributed by atoms with Gasteiger partial charge in [-0.05, 0) is 43.7 Å². The van der Waals surface area contributed by atoms with Crippen LogP contribution in [0.25, 0.3) is 0 Å². The van der Waals surface area contributed by atoms with E-state index in [2.05, 4.69) is 15.3 Å². The van der Waals surface area contributed by atoms with Crippen LogP contribution in [0.1, 0.15) is 27.4 Å². The van der Waals surface area contributed by atoms with Crippen LogP contribution in [0.5, 0.6) is 0 Å². The third-order valence-electron chi connectivity index (χ3n) is 5.96. The number of aryl methyl sites for hydroxylation is 2. The first-order valence-corrected chi connectivity index (χ1v) is 12.0. The highest BCUT2D eigenvalue weighted by molar-refractivity contribution is 7.89. The van der Waals surface area contributed by atoms with Crippen molar-refractivity contribution in [3.05, 3.63) is 76.2 Å². The molecule has 0 bridgehead atoms. The van der Waals surface area contributed by atoms with E-state index in [9.17, 15) is 17.6 Å². The molecule has 33 heavy (non-hydrogen) atoms. The Hall–Kier alpha value is -2.82. The quantitative estimate of drug-likeness (QED) is 0.571. The number of carbonyl (C=O) groups is 1. The fourth-order valence-electron chi connectivity index (χ4n) is 3.92. The van der Waals surface area contributed by atoms with E-state index in [1.54, 1.807) is 32.2 Å². The molecule has 1 aliphatic heterocycles. The molecule has 174 valence electrons. The number of pyridine rings is 1. The second-order valence-electron chi connectivity index (χ2n) is 8.26. The molecular weight excluding hydrogens is 469 g/mol. The van der Waals surface area contributed by atoms with Crippen LogP contribution < -0.4 is 5.32 Å². The Morgan fingerprint density at radius 1 is 1.24 bits per heavy atom. The van der Waals surface area contributed by atoms with Gasteiger partial charge < -0.3 is 9.88 Å². The van der Waals surface area contributed by atoms with E-state index in [4.69, 9.17) is 11.6 Å². The molecule has 0 spiro atoms. The van der Waals surface area contributed by atoms with Crippen molar-refractivity contribution in [3.63, 3.8) is 0 Å². The van der Waals surface area contributed by atoms with Gasteiger partial charge in [-0.1, -0.05) is 17.7 Å². The maximum Gasteiger partial charge on any atom is 0.260 e. The van der Waals surface area contributed by atoms with Crippen molar-refractivity contribution in [1.82, 2.24) is 24.2 Å². The highest BCUT2D eigenvalue weighted by Crippen LogP contribution is 2.38. The van der Waals surface area contributed by atoms with Crippen LogP contribution in [0.15, 0.2) is 47.8 Å². The van der Waals surface area contributed by atoms with Gasteiger partial charge in [-0.3, -0.25) is 9.78 Å². The summed E-state index contributed by atoms with van der Waals surface area (Å²) in [6.45, 7) is 3.46. The number of benzene rings is 1. The van der Waals surface area contributed by atoms with Crippen LogP contribution in [0, 0.1) is 19.7 Å². The van der Waals surface area contributed by atoms with Gasteiger partial charge in [0.05, 0.1) is 27.9 Å². The topological polar surface area (TPSA) is 97.2 Å². The maximum absolute atomic E-state index is 14.7. The Balaban J connectivity index is 1.60. The third kappa shape index (κ3) is 4.14. The van der Waals surface area contributed by atoms with Gasteiger partial charge in [-0.2, -0.15) is 4.31 Å². The van der Waals surface area contributed by atoms with Crippen LogP contribution in [0.3, 0.4) is 0 Å². The van der Waals surface area contributed by atoms with E-state index in [1.165, 1.54) is 33.4 Å². The van der Waals surface area contributed by atoms with E-state index in [0.29, 0.717) is 10.8 Å². The largest absolute Gasteiger partial charge is 0.351 e. The van der Waals surface area contributed by atoms with Crippen LogP contribution in [0.2, 0.25) is 5.02 Å². The summed E-state index contributed by atoms with van der Waals surface area (Å²) in [5.74, 6) is -0.439. The van der Waals surface area contributed by atoms with Gasteiger partial charge in [0.25, 0.3) is 15.9 Å². The Morgan fingerprint density at radius 3 is 2.58 bits per heavy atom. The molecule has 0 radical (unpaired) electrons. The molecule has 3 heterocycles. The molecular formula is C22H23ClFN5O3S. The number of carbonyl (C=O) groups excluding carboxylic acids is 1. The second-order valence-corrected chi connectivity index (χ2v) is 10.5. The molecule has 0 atom stereocenters. The Kier molecular flexibility index (Phi) is 6.02. The monoisotopic (exact) mass is 491 g/mol. The molecule has 1 aromatic carbocycles. The molecule has 0 saturated carbocycles. The second kappa shape index (κ2) is 8.51. The van der Waals surface area contributed by atoms with Crippen molar-refractivity contribution >= 4 is 27.5 Å². The minimum absolute atomic E-state index is 0.0135. The summed E-state index contributed by atoms with van der Waals surface area (Å²) in [5, 5.41) is 3.13. The molecule has 0 aliphatic carbocycles. The average molecular weight is 492 g/mol. The normalized spacial score (nSPS) is 15.8. The molecule has 1 amide bonds. The van der Waals surface area contributed by atoms with Crippen molar-refractivity contribution in [2.75, 3.05) is 19.6 Å². The van der Waals surface area contributed by atoms with E-state index in [1.807, 2.05) is 6.92 Å². The molecule has 1 N–H and O–H groups in total. The number of hydrogen-bond donors (Lipinski definition) is 1. The number of sulfonamides is 1. The first kappa shape index (κ1) is 23.3. The zero-order valence-electron chi connectivity index (χ0n) is 18.3. The predicted molar refractivity (Wildman–Crippen MR) is 121 cm³/mol. The van der Waals surface area contributed by atoms with Crippen molar-refractivity contribution < 1.29 is 17.6 Å². The van der Waals surface area contributed by atoms with Crippen LogP contribution >= 0.6 is 11.6 Å². The molecule has 4 rings (SSSR count). The summed E-state index contributed by atoms with van der Waals surface area (Å²) in [6, 6.07) is 7.79. The summed E-state index contributed by atoms with van der Waals surface area (Å²) < 4.78 is 43.7. The van der Waals surface area contributed by atoms with Crippen molar-refractivity contribution in [1.29, 1.82) is 0 Å². The standard InChI is InChI=1S/C22H23ClFN5O3S/c1-14-6-7-16(17(23)9-14)21(30)27-11-22(20-18(24)5-4-8-25-20)12-29(13-22)33(31,32)19-10-26-15(2)28(19)3/h4-10H,11-13H2,1-3H3,(H,27,30). The summed E-state index contributed by atoms with van der Waals surface area (Å²) >= 11 is 6.20. The van der Waals surface area contributed by atoms with E-state index in [0.717, 1.165) is 5.56 Å². The van der Waals surface area contributed by atoms with Gasteiger partial charge in [-0.25, -0.2) is 17.8 Å². The lowest BCUT2D eigenvalue weighted by Crippen LogP contribution is -2.65. The summed E-state index contributed by atoms with van der Waals surface area (Å²) in [6.07, 6.45) is 2.74. The van der Waals surface area contributed by atoms with E-state index < -0.39 is 27.2 Å². The van der Waals surface area contributed by atoms with Crippen molar-refractivity contribution in [2.24, 2.45) is 7.05 Å². The Labute approximate surface area is 196 Å². The first-order chi connectivity index (χ1) is 15.5. The number of aromatic nitrogens is 3. The molecule has 1 aliphatic rings. The van der Waals surface area contributed by atoms with Gasteiger partial charge in [-0.15, -0.1) is 0 Å². The Bertz CT molecular complexity index is 1340. The molecule has 2 aromatic heterocycles. The van der Waals surface area contributed by atoms with Crippen molar-refractivity contribution in [2.45, 2.75) is 24.3 Å². The van der Waals surface area contributed by atoms with Crippen LogP contribution in [0.4, 0.5) is 4.39 Å². The van der Waals surface area contributed by atoms with Gasteiger partial charge in [0.2, 0.25) is 0 Å². The fourth-order valence-corrected chi connectivity index (χ4v) is 6.01. The Morgan fingerprint density at radius 2 is 1.97 bits per heavy atom. The molecule has 3 aromatic rings. The minimum atomic E-state index is -3.86. The molecule has 8 nitrogen and oxygen atoms in total. The number of nitrogens with one attached hydrogen (secondary N) is 1.